The molecule has 2 N–H and O–H groups in total. The summed E-state index contributed by atoms with van der Waals surface area (Å²) in [7, 11) is 1.75. The van der Waals surface area contributed by atoms with Gasteiger partial charge in [-0.05, 0) is 25.0 Å². The summed E-state index contributed by atoms with van der Waals surface area (Å²) in [5.74, 6) is 0.672. The third kappa shape index (κ3) is 3.23. The van der Waals surface area contributed by atoms with E-state index >= 15 is 0 Å². The fourth-order valence-electron chi connectivity index (χ4n) is 2.16. The van der Waals surface area contributed by atoms with Gasteiger partial charge in [-0.3, -0.25) is 0 Å². The van der Waals surface area contributed by atoms with Crippen LogP contribution in [0.3, 0.4) is 0 Å². The van der Waals surface area contributed by atoms with E-state index in [1.807, 2.05) is 6.92 Å². The standard InChI is InChI=1S/C11H23N5O/c1-5-11(6-2,17-7-3)9(12)8-10-13-15-16(4)14-10/h9H,5-8,12H2,1-4H3. The fourth-order valence-corrected chi connectivity index (χ4v) is 2.16. The zero-order chi connectivity index (χ0) is 12.9. The van der Waals surface area contributed by atoms with Gasteiger partial charge >= 0.3 is 0 Å². The van der Waals surface area contributed by atoms with Crippen molar-refractivity contribution in [3.63, 3.8) is 0 Å². The number of hydrogen-bond donors (Lipinski definition) is 1. The highest BCUT2D eigenvalue weighted by Gasteiger charge is 2.34. The van der Waals surface area contributed by atoms with Crippen molar-refractivity contribution in [2.24, 2.45) is 12.8 Å². The van der Waals surface area contributed by atoms with Gasteiger partial charge in [0.25, 0.3) is 0 Å². The Bertz CT molecular complexity index is 334. The minimum absolute atomic E-state index is 0.110. The zero-order valence-corrected chi connectivity index (χ0v) is 11.2. The summed E-state index contributed by atoms with van der Waals surface area (Å²) in [4.78, 5) is 1.45. The van der Waals surface area contributed by atoms with Crippen molar-refractivity contribution in [2.75, 3.05) is 6.61 Å². The van der Waals surface area contributed by atoms with Crippen LogP contribution in [-0.4, -0.2) is 38.5 Å². The summed E-state index contributed by atoms with van der Waals surface area (Å²) >= 11 is 0. The van der Waals surface area contributed by atoms with Crippen LogP contribution in [0.5, 0.6) is 0 Å². The lowest BCUT2D eigenvalue weighted by molar-refractivity contribution is -0.0637. The molecule has 98 valence electrons. The zero-order valence-electron chi connectivity index (χ0n) is 11.2. The first-order chi connectivity index (χ1) is 8.07. The van der Waals surface area contributed by atoms with Gasteiger partial charge in [0, 0.05) is 19.1 Å². The fraction of sp³-hybridized carbons (Fsp3) is 0.909. The molecule has 0 fully saturated rings. The Morgan fingerprint density at radius 3 is 2.41 bits per heavy atom. The minimum atomic E-state index is -0.284. The molecule has 1 aromatic rings. The maximum absolute atomic E-state index is 6.26. The quantitative estimate of drug-likeness (QED) is 0.759. The summed E-state index contributed by atoms with van der Waals surface area (Å²) in [5, 5.41) is 11.9. The molecule has 6 nitrogen and oxygen atoms in total. The number of tetrazole rings is 1. The molecule has 17 heavy (non-hydrogen) atoms. The van der Waals surface area contributed by atoms with Crippen LogP contribution in [0, 0.1) is 0 Å². The Morgan fingerprint density at radius 2 is 2.00 bits per heavy atom. The number of hydrogen-bond acceptors (Lipinski definition) is 5. The minimum Gasteiger partial charge on any atom is -0.374 e. The first-order valence-corrected chi connectivity index (χ1v) is 6.20. The highest BCUT2D eigenvalue weighted by molar-refractivity contribution is 4.95. The van der Waals surface area contributed by atoms with Crippen LogP contribution >= 0.6 is 0 Å². The third-order valence-corrected chi connectivity index (χ3v) is 3.26. The molecule has 1 atom stereocenters. The van der Waals surface area contributed by atoms with Gasteiger partial charge in [0.15, 0.2) is 5.82 Å². The second kappa shape index (κ2) is 6.07. The average molecular weight is 241 g/mol. The summed E-state index contributed by atoms with van der Waals surface area (Å²) in [5.41, 5.74) is 5.98. The first-order valence-electron chi connectivity index (χ1n) is 6.20. The van der Waals surface area contributed by atoms with E-state index in [0.717, 1.165) is 12.8 Å². The lowest BCUT2D eigenvalue weighted by atomic mass is 9.86. The second-order valence-corrected chi connectivity index (χ2v) is 4.21. The van der Waals surface area contributed by atoms with Crippen molar-refractivity contribution >= 4 is 0 Å². The summed E-state index contributed by atoms with van der Waals surface area (Å²) in [6.45, 7) is 6.86. The number of nitrogens with zero attached hydrogens (tertiary/aromatic N) is 4. The average Bonchev–Trinajstić information content (AvgIpc) is 2.71. The van der Waals surface area contributed by atoms with Crippen molar-refractivity contribution in [1.82, 2.24) is 20.2 Å². The molecule has 0 aliphatic carbocycles. The van der Waals surface area contributed by atoms with Crippen LogP contribution in [0.15, 0.2) is 0 Å². The topological polar surface area (TPSA) is 78.9 Å². The van der Waals surface area contributed by atoms with E-state index < -0.39 is 0 Å². The molecule has 0 amide bonds. The lowest BCUT2D eigenvalue weighted by Crippen LogP contribution is -2.50. The van der Waals surface area contributed by atoms with Gasteiger partial charge in [-0.1, -0.05) is 13.8 Å². The molecule has 1 unspecified atom stereocenters. The van der Waals surface area contributed by atoms with E-state index in [-0.39, 0.29) is 11.6 Å². The van der Waals surface area contributed by atoms with Crippen LogP contribution in [0.2, 0.25) is 0 Å². The van der Waals surface area contributed by atoms with Gasteiger partial charge in [-0.2, -0.15) is 4.80 Å². The predicted octanol–water partition coefficient (Wildman–Crippen LogP) is 0.675. The molecule has 1 aromatic heterocycles. The van der Waals surface area contributed by atoms with Crippen molar-refractivity contribution < 1.29 is 4.74 Å². The van der Waals surface area contributed by atoms with Crippen LogP contribution in [0.1, 0.15) is 39.4 Å². The number of nitrogens with two attached hydrogens (primary N) is 1. The van der Waals surface area contributed by atoms with Gasteiger partial charge < -0.3 is 10.5 Å². The molecule has 0 spiro atoms. The molecule has 0 aliphatic rings. The Morgan fingerprint density at radius 1 is 1.35 bits per heavy atom. The van der Waals surface area contributed by atoms with E-state index in [2.05, 4.69) is 29.3 Å². The van der Waals surface area contributed by atoms with Crippen molar-refractivity contribution in [3.05, 3.63) is 5.82 Å². The van der Waals surface area contributed by atoms with Crippen molar-refractivity contribution in [3.8, 4) is 0 Å². The normalized spacial score (nSPS) is 13.9. The van der Waals surface area contributed by atoms with Gasteiger partial charge in [0.2, 0.25) is 0 Å². The maximum Gasteiger partial charge on any atom is 0.176 e. The van der Waals surface area contributed by atoms with Crippen molar-refractivity contribution in [2.45, 2.75) is 51.7 Å². The summed E-state index contributed by atoms with van der Waals surface area (Å²) < 4.78 is 5.86. The molecular weight excluding hydrogens is 218 g/mol. The second-order valence-electron chi connectivity index (χ2n) is 4.21. The van der Waals surface area contributed by atoms with Gasteiger partial charge in [0.05, 0.1) is 12.6 Å². The van der Waals surface area contributed by atoms with E-state index in [0.29, 0.717) is 18.9 Å². The van der Waals surface area contributed by atoms with E-state index in [1.54, 1.807) is 7.05 Å². The maximum atomic E-state index is 6.26. The van der Waals surface area contributed by atoms with Crippen LogP contribution in [-0.2, 0) is 18.2 Å². The molecule has 0 aromatic carbocycles. The van der Waals surface area contributed by atoms with Gasteiger partial charge in [-0.15, -0.1) is 10.2 Å². The van der Waals surface area contributed by atoms with E-state index in [9.17, 15) is 0 Å². The SMILES string of the molecule is CCOC(CC)(CC)C(N)Cc1nnn(C)n1. The highest BCUT2D eigenvalue weighted by atomic mass is 16.5. The van der Waals surface area contributed by atoms with Gasteiger partial charge in [-0.25, -0.2) is 0 Å². The molecular formula is C11H23N5O. The molecule has 0 radical (unpaired) electrons. The molecule has 0 saturated heterocycles. The summed E-state index contributed by atoms with van der Waals surface area (Å²) in [6.07, 6.45) is 2.37. The third-order valence-electron chi connectivity index (χ3n) is 3.26. The molecule has 1 heterocycles. The Balaban J connectivity index is 2.74. The van der Waals surface area contributed by atoms with Crippen LogP contribution < -0.4 is 5.73 Å². The van der Waals surface area contributed by atoms with Gasteiger partial charge in [0.1, 0.15) is 0 Å². The van der Waals surface area contributed by atoms with E-state index in [1.165, 1.54) is 4.80 Å². The molecule has 0 bridgehead atoms. The number of ether oxygens (including phenoxy) is 1. The smallest absolute Gasteiger partial charge is 0.176 e. The van der Waals surface area contributed by atoms with Crippen molar-refractivity contribution in [1.29, 1.82) is 0 Å². The summed E-state index contributed by atoms with van der Waals surface area (Å²) in [6, 6.07) is -0.110. The largest absolute Gasteiger partial charge is 0.374 e. The Labute approximate surface area is 103 Å². The molecule has 6 heteroatoms. The molecule has 1 rings (SSSR count). The Kier molecular flexibility index (Phi) is 5.02. The highest BCUT2D eigenvalue weighted by Crippen LogP contribution is 2.25. The number of aryl methyl sites for hydroxylation is 1. The van der Waals surface area contributed by atoms with Crippen LogP contribution in [0.4, 0.5) is 0 Å². The molecule has 0 aliphatic heterocycles. The first kappa shape index (κ1) is 14.1. The monoisotopic (exact) mass is 241 g/mol. The lowest BCUT2D eigenvalue weighted by Gasteiger charge is -2.36. The van der Waals surface area contributed by atoms with Crippen LogP contribution in [0.25, 0.3) is 0 Å². The number of aromatic nitrogens is 4. The number of rotatable bonds is 7. The molecule has 0 saturated carbocycles. The predicted molar refractivity (Wildman–Crippen MR) is 65.4 cm³/mol. The Hall–Kier alpha value is -1.01. The van der Waals surface area contributed by atoms with E-state index in [4.69, 9.17) is 10.5 Å².